The normalized spacial score (nSPS) is 18.5. The van der Waals surface area contributed by atoms with Gasteiger partial charge in [0.1, 0.15) is 11.4 Å². The number of anilines is 1. The molecule has 0 bridgehead atoms. The molecule has 1 unspecified atom stereocenters. The number of pyridine rings is 1. The van der Waals surface area contributed by atoms with E-state index in [0.717, 1.165) is 0 Å². The summed E-state index contributed by atoms with van der Waals surface area (Å²) in [6.07, 6.45) is -8.13. The number of nitro groups is 1. The molecule has 1 aromatic carbocycles. The molecule has 0 radical (unpaired) electrons. The summed E-state index contributed by atoms with van der Waals surface area (Å²) in [5.41, 5.74) is -7.46. The van der Waals surface area contributed by atoms with Gasteiger partial charge in [-0.2, -0.15) is 26.3 Å². The van der Waals surface area contributed by atoms with E-state index in [1.807, 2.05) is 0 Å². The fourth-order valence-corrected chi connectivity index (χ4v) is 4.71. The first-order valence-corrected chi connectivity index (χ1v) is 13.2. The van der Waals surface area contributed by atoms with Gasteiger partial charge in [-0.25, -0.2) is 4.98 Å². The van der Waals surface area contributed by atoms with E-state index in [-0.39, 0.29) is 38.5 Å². The minimum atomic E-state index is -5.14. The van der Waals surface area contributed by atoms with Gasteiger partial charge in [-0.05, 0) is 31.2 Å². The van der Waals surface area contributed by atoms with Crippen molar-refractivity contribution in [2.24, 2.45) is 0 Å². The maximum atomic E-state index is 14.7. The highest BCUT2D eigenvalue weighted by Crippen LogP contribution is 2.47. The summed E-state index contributed by atoms with van der Waals surface area (Å²) in [6.45, 7) is 6.72. The van der Waals surface area contributed by atoms with Gasteiger partial charge in [0.05, 0.1) is 23.7 Å². The Labute approximate surface area is 246 Å². The van der Waals surface area contributed by atoms with Crippen molar-refractivity contribution in [2.75, 3.05) is 18.5 Å². The third kappa shape index (κ3) is 6.75. The van der Waals surface area contributed by atoms with E-state index >= 15 is 0 Å². The lowest BCUT2D eigenvalue weighted by Gasteiger charge is -2.32. The van der Waals surface area contributed by atoms with E-state index in [1.165, 1.54) is 24.3 Å². The van der Waals surface area contributed by atoms with Crippen molar-refractivity contribution in [3.05, 3.63) is 88.8 Å². The van der Waals surface area contributed by atoms with Crippen LogP contribution in [0.25, 0.3) is 11.6 Å². The number of nitrogens with one attached hydrogen (secondary N) is 1. The SMILES string of the molecule is C=CCC[C@@](OCc1ccccc1)(c1nnc(-c2nc(NC3(CC=C)CCOC3)c(C(F)(F)F)cc2[N+](=O)[O-])o1)C(F)(F)F. The highest BCUT2D eigenvalue weighted by molar-refractivity contribution is 5.68. The predicted molar refractivity (Wildman–Crippen MR) is 144 cm³/mol. The third-order valence-electron chi connectivity index (χ3n) is 6.99. The maximum Gasteiger partial charge on any atom is 0.426 e. The summed E-state index contributed by atoms with van der Waals surface area (Å²) in [5.74, 6) is -2.87. The molecule has 1 saturated heterocycles. The Bertz CT molecular complexity index is 1490. The molecular formula is C28H27F6N5O5. The molecule has 0 spiro atoms. The van der Waals surface area contributed by atoms with Crippen LogP contribution in [0.5, 0.6) is 0 Å². The number of hydrogen-bond donors (Lipinski definition) is 1. The van der Waals surface area contributed by atoms with Gasteiger partial charge in [0.25, 0.3) is 11.8 Å². The first kappa shape index (κ1) is 32.6. The summed E-state index contributed by atoms with van der Waals surface area (Å²) < 4.78 is 103. The van der Waals surface area contributed by atoms with Gasteiger partial charge < -0.3 is 19.2 Å². The molecule has 16 heteroatoms. The highest BCUT2D eigenvalue weighted by atomic mass is 19.4. The van der Waals surface area contributed by atoms with Crippen LogP contribution in [0, 0.1) is 10.1 Å². The van der Waals surface area contributed by atoms with Crippen LogP contribution in [0.1, 0.15) is 42.7 Å². The third-order valence-corrected chi connectivity index (χ3v) is 6.99. The molecule has 1 fully saturated rings. The Morgan fingerprint density at radius 1 is 1.11 bits per heavy atom. The number of allylic oxidation sites excluding steroid dienone is 1. The van der Waals surface area contributed by atoms with Crippen LogP contribution >= 0.6 is 0 Å². The Balaban J connectivity index is 1.86. The van der Waals surface area contributed by atoms with Crippen molar-refractivity contribution in [3.63, 3.8) is 0 Å². The molecule has 10 nitrogen and oxygen atoms in total. The molecule has 4 rings (SSSR count). The second-order valence-electron chi connectivity index (χ2n) is 10.0. The van der Waals surface area contributed by atoms with Gasteiger partial charge in [-0.1, -0.05) is 42.5 Å². The predicted octanol–water partition coefficient (Wildman–Crippen LogP) is 7.15. The molecular weight excluding hydrogens is 600 g/mol. The summed E-state index contributed by atoms with van der Waals surface area (Å²) in [4.78, 5) is 14.6. The van der Waals surface area contributed by atoms with Crippen molar-refractivity contribution in [1.82, 2.24) is 15.2 Å². The van der Waals surface area contributed by atoms with E-state index in [2.05, 4.69) is 33.7 Å². The number of hydrogen-bond acceptors (Lipinski definition) is 9. The molecule has 2 atom stereocenters. The van der Waals surface area contributed by atoms with Crippen LogP contribution < -0.4 is 5.32 Å². The van der Waals surface area contributed by atoms with Crippen LogP contribution in [0.15, 0.2) is 66.1 Å². The van der Waals surface area contributed by atoms with Gasteiger partial charge in [-0.3, -0.25) is 10.1 Å². The van der Waals surface area contributed by atoms with E-state index in [1.54, 1.807) is 18.2 Å². The highest BCUT2D eigenvalue weighted by Gasteiger charge is 2.61. The van der Waals surface area contributed by atoms with Crippen molar-refractivity contribution in [3.8, 4) is 11.6 Å². The zero-order valence-electron chi connectivity index (χ0n) is 23.1. The standard InChI is InChI=1S/C28H27F6N5O5/c1-3-5-12-26(28(32,33)34,43-16-18-9-7-6-8-10-18)24-38-37-23(44-24)21-20(39(40)41)15-19(27(29,30)31)22(35-21)36-25(11-4-2)13-14-42-17-25/h3-4,6-10,15H,1-2,5,11-14,16-17H2,(H,35,36)/t25?,26-/m1/s1. The fraction of sp³-hybridized carbons (Fsp3) is 0.393. The number of ether oxygens (including phenoxy) is 2. The summed E-state index contributed by atoms with van der Waals surface area (Å²) in [5, 5.41) is 21.6. The van der Waals surface area contributed by atoms with Gasteiger partial charge in [-0.15, -0.1) is 23.4 Å². The zero-order valence-corrected chi connectivity index (χ0v) is 23.1. The van der Waals surface area contributed by atoms with Crippen LogP contribution in [0.3, 0.4) is 0 Å². The van der Waals surface area contributed by atoms with Gasteiger partial charge in [0.2, 0.25) is 11.3 Å². The van der Waals surface area contributed by atoms with Crippen molar-refractivity contribution >= 4 is 11.5 Å². The lowest BCUT2D eigenvalue weighted by molar-refractivity contribution is -0.384. The topological polar surface area (TPSA) is 125 Å². The Morgan fingerprint density at radius 2 is 1.84 bits per heavy atom. The average molecular weight is 628 g/mol. The molecule has 1 aliphatic rings. The van der Waals surface area contributed by atoms with Crippen LogP contribution in [0.4, 0.5) is 37.8 Å². The van der Waals surface area contributed by atoms with Gasteiger partial charge in [0.15, 0.2) is 0 Å². The number of aromatic nitrogens is 3. The first-order valence-electron chi connectivity index (χ1n) is 13.2. The molecule has 1 N–H and O–H groups in total. The second kappa shape index (κ2) is 12.7. The van der Waals surface area contributed by atoms with E-state index in [0.29, 0.717) is 5.56 Å². The maximum absolute atomic E-state index is 14.7. The van der Waals surface area contributed by atoms with Crippen molar-refractivity contribution in [1.29, 1.82) is 0 Å². The van der Waals surface area contributed by atoms with E-state index < -0.39 is 76.0 Å². The van der Waals surface area contributed by atoms with Crippen molar-refractivity contribution in [2.45, 2.75) is 55.8 Å². The first-order chi connectivity index (χ1) is 20.7. The van der Waals surface area contributed by atoms with Gasteiger partial charge >= 0.3 is 18.0 Å². The Morgan fingerprint density at radius 3 is 2.41 bits per heavy atom. The minimum Gasteiger partial charge on any atom is -0.415 e. The number of halogens is 6. The summed E-state index contributed by atoms with van der Waals surface area (Å²) in [6, 6.07) is 8.14. The van der Waals surface area contributed by atoms with E-state index in [4.69, 9.17) is 13.9 Å². The van der Waals surface area contributed by atoms with Crippen molar-refractivity contribution < 1.29 is 45.2 Å². The lowest BCUT2D eigenvalue weighted by Crippen LogP contribution is -2.45. The lowest BCUT2D eigenvalue weighted by atomic mass is 9.94. The average Bonchev–Trinajstić information content (AvgIpc) is 3.63. The van der Waals surface area contributed by atoms with Crippen LogP contribution in [-0.2, 0) is 27.9 Å². The zero-order chi connectivity index (χ0) is 32.2. The summed E-state index contributed by atoms with van der Waals surface area (Å²) >= 11 is 0. The molecule has 0 aliphatic carbocycles. The molecule has 2 aromatic heterocycles. The fourth-order valence-electron chi connectivity index (χ4n) is 4.71. The Hall–Kier alpha value is -4.31. The number of alkyl halides is 6. The van der Waals surface area contributed by atoms with Crippen LogP contribution in [-0.4, -0.2) is 45.0 Å². The molecule has 3 heterocycles. The second-order valence-corrected chi connectivity index (χ2v) is 10.0. The van der Waals surface area contributed by atoms with E-state index in [9.17, 15) is 36.5 Å². The molecule has 3 aromatic rings. The monoisotopic (exact) mass is 627 g/mol. The largest absolute Gasteiger partial charge is 0.426 e. The molecule has 1 aliphatic heterocycles. The molecule has 236 valence electrons. The Kier molecular flexibility index (Phi) is 9.44. The number of nitrogens with zero attached hydrogens (tertiary/aromatic N) is 4. The quantitative estimate of drug-likeness (QED) is 0.0910. The molecule has 44 heavy (non-hydrogen) atoms. The number of rotatable bonds is 13. The van der Waals surface area contributed by atoms with Gasteiger partial charge in [0, 0.05) is 12.7 Å². The molecule has 0 saturated carbocycles. The molecule has 0 amide bonds. The summed E-state index contributed by atoms with van der Waals surface area (Å²) in [7, 11) is 0. The van der Waals surface area contributed by atoms with Crippen LogP contribution in [0.2, 0.25) is 0 Å². The number of benzene rings is 1. The smallest absolute Gasteiger partial charge is 0.415 e. The minimum absolute atomic E-state index is 0.0226.